The first-order valence-electron chi connectivity index (χ1n) is 6.05. The fraction of sp³-hybridized carbons (Fsp3) is 0.267. The van der Waals surface area contributed by atoms with Crippen molar-refractivity contribution in [1.29, 1.82) is 0 Å². The summed E-state index contributed by atoms with van der Waals surface area (Å²) in [5, 5.41) is 1.96. The van der Waals surface area contributed by atoms with E-state index >= 15 is 0 Å². The fourth-order valence-corrected chi connectivity index (χ4v) is 1.82. The molecule has 0 unspecified atom stereocenters. The molecular weight excluding hydrogens is 228 g/mol. The minimum absolute atomic E-state index is 0.288. The molecule has 3 nitrogen and oxygen atoms in total. The Morgan fingerprint density at radius 1 is 1.06 bits per heavy atom. The Hall–Kier alpha value is -1.87. The summed E-state index contributed by atoms with van der Waals surface area (Å²) < 4.78 is 10.3. The Labute approximate surface area is 106 Å². The van der Waals surface area contributed by atoms with E-state index in [-0.39, 0.29) is 12.6 Å². The van der Waals surface area contributed by atoms with Crippen LogP contribution in [0.2, 0.25) is 0 Å². The lowest BCUT2D eigenvalue weighted by atomic mass is 10.1. The lowest BCUT2D eigenvalue weighted by molar-refractivity contribution is 0.0337. The molecule has 0 atom stereocenters. The number of fused-ring (bicyclic) bond motifs is 1. The average molecular weight is 244 g/mol. The Morgan fingerprint density at radius 3 is 2.67 bits per heavy atom. The van der Waals surface area contributed by atoms with Gasteiger partial charge in [0.05, 0.1) is 12.2 Å². The maximum Gasteiger partial charge on any atom is 0.338 e. The summed E-state index contributed by atoms with van der Waals surface area (Å²) in [7, 11) is 0. The number of hydrogen-bond donors (Lipinski definition) is 0. The maximum atomic E-state index is 11.9. The molecular formula is C15H16O3. The molecule has 0 N–H and O–H groups in total. The van der Waals surface area contributed by atoms with Gasteiger partial charge in [-0.15, -0.1) is 0 Å². The monoisotopic (exact) mass is 244 g/mol. The average Bonchev–Trinajstić information content (AvgIpc) is 2.43. The third-order valence-corrected chi connectivity index (χ3v) is 2.67. The molecule has 3 heteroatoms. The van der Waals surface area contributed by atoms with Gasteiger partial charge in [-0.1, -0.05) is 36.4 Å². The molecule has 94 valence electrons. The zero-order chi connectivity index (χ0) is 12.8. The molecule has 0 aliphatic heterocycles. The van der Waals surface area contributed by atoms with Crippen LogP contribution in [0.15, 0.2) is 42.5 Å². The van der Waals surface area contributed by atoms with Gasteiger partial charge in [0, 0.05) is 6.61 Å². The van der Waals surface area contributed by atoms with Crippen LogP contribution in [0, 0.1) is 0 Å². The van der Waals surface area contributed by atoms with Crippen molar-refractivity contribution in [2.24, 2.45) is 0 Å². The van der Waals surface area contributed by atoms with Crippen LogP contribution in [-0.4, -0.2) is 25.8 Å². The van der Waals surface area contributed by atoms with Crippen LogP contribution in [0.3, 0.4) is 0 Å². The van der Waals surface area contributed by atoms with Crippen LogP contribution < -0.4 is 0 Å². The highest BCUT2D eigenvalue weighted by molar-refractivity contribution is 6.04. The van der Waals surface area contributed by atoms with E-state index in [2.05, 4.69) is 0 Å². The van der Waals surface area contributed by atoms with E-state index in [1.807, 2.05) is 43.3 Å². The third-order valence-electron chi connectivity index (χ3n) is 2.67. The summed E-state index contributed by atoms with van der Waals surface area (Å²) >= 11 is 0. The number of carbonyl (C=O) groups is 1. The van der Waals surface area contributed by atoms with E-state index < -0.39 is 0 Å². The van der Waals surface area contributed by atoms with Crippen molar-refractivity contribution in [2.75, 3.05) is 19.8 Å². The van der Waals surface area contributed by atoms with Gasteiger partial charge in [0.2, 0.25) is 0 Å². The van der Waals surface area contributed by atoms with Crippen molar-refractivity contribution in [2.45, 2.75) is 6.92 Å². The molecule has 18 heavy (non-hydrogen) atoms. The molecule has 0 spiro atoms. The Morgan fingerprint density at radius 2 is 1.83 bits per heavy atom. The van der Waals surface area contributed by atoms with Gasteiger partial charge in [-0.05, 0) is 23.8 Å². The predicted octanol–water partition coefficient (Wildman–Crippen LogP) is 3.03. The van der Waals surface area contributed by atoms with Crippen molar-refractivity contribution < 1.29 is 14.3 Å². The van der Waals surface area contributed by atoms with Crippen LogP contribution in [0.4, 0.5) is 0 Å². The van der Waals surface area contributed by atoms with Crippen LogP contribution in [0.5, 0.6) is 0 Å². The summed E-state index contributed by atoms with van der Waals surface area (Å²) in [6.45, 7) is 3.27. The predicted molar refractivity (Wildman–Crippen MR) is 70.7 cm³/mol. The SMILES string of the molecule is CCOCCOC(=O)c1cccc2ccccc12. The normalized spacial score (nSPS) is 10.5. The molecule has 0 aromatic heterocycles. The minimum atomic E-state index is -0.300. The molecule has 2 rings (SSSR count). The van der Waals surface area contributed by atoms with Gasteiger partial charge in [-0.2, -0.15) is 0 Å². The van der Waals surface area contributed by atoms with Crippen LogP contribution in [0.1, 0.15) is 17.3 Å². The standard InChI is InChI=1S/C15H16O3/c1-2-17-10-11-18-15(16)14-9-5-7-12-6-3-4-8-13(12)14/h3-9H,2,10-11H2,1H3. The molecule has 0 saturated heterocycles. The topological polar surface area (TPSA) is 35.5 Å². The zero-order valence-corrected chi connectivity index (χ0v) is 10.4. The Kier molecular flexibility index (Phi) is 4.31. The van der Waals surface area contributed by atoms with Crippen molar-refractivity contribution in [3.63, 3.8) is 0 Å². The second kappa shape index (κ2) is 6.17. The van der Waals surface area contributed by atoms with E-state index in [4.69, 9.17) is 9.47 Å². The molecule has 0 saturated carbocycles. The lowest BCUT2D eigenvalue weighted by Crippen LogP contribution is -2.11. The van der Waals surface area contributed by atoms with Crippen molar-refractivity contribution >= 4 is 16.7 Å². The summed E-state index contributed by atoms with van der Waals surface area (Å²) in [5.41, 5.74) is 0.601. The maximum absolute atomic E-state index is 11.9. The Bertz CT molecular complexity index is 529. The summed E-state index contributed by atoms with van der Waals surface area (Å²) in [6.07, 6.45) is 0. The van der Waals surface area contributed by atoms with E-state index in [1.54, 1.807) is 6.07 Å². The van der Waals surface area contributed by atoms with Gasteiger partial charge in [0.1, 0.15) is 6.61 Å². The summed E-state index contributed by atoms with van der Waals surface area (Å²) in [4.78, 5) is 11.9. The number of benzene rings is 2. The van der Waals surface area contributed by atoms with Crippen LogP contribution >= 0.6 is 0 Å². The van der Waals surface area contributed by atoms with Gasteiger partial charge in [-0.25, -0.2) is 4.79 Å². The first-order valence-corrected chi connectivity index (χ1v) is 6.05. The Balaban J connectivity index is 2.13. The van der Waals surface area contributed by atoms with E-state index in [0.717, 1.165) is 10.8 Å². The zero-order valence-electron chi connectivity index (χ0n) is 10.4. The highest BCUT2D eigenvalue weighted by Gasteiger charge is 2.10. The number of carbonyl (C=O) groups excluding carboxylic acids is 1. The van der Waals surface area contributed by atoms with Crippen molar-refractivity contribution in [3.8, 4) is 0 Å². The molecule has 2 aromatic rings. The molecule has 0 radical (unpaired) electrons. The van der Waals surface area contributed by atoms with Gasteiger partial charge in [0.25, 0.3) is 0 Å². The number of hydrogen-bond acceptors (Lipinski definition) is 3. The lowest BCUT2D eigenvalue weighted by Gasteiger charge is -2.07. The second-order valence-corrected chi connectivity index (χ2v) is 3.86. The van der Waals surface area contributed by atoms with Crippen molar-refractivity contribution in [3.05, 3.63) is 48.0 Å². The fourth-order valence-electron chi connectivity index (χ4n) is 1.82. The summed E-state index contributed by atoms with van der Waals surface area (Å²) in [6, 6.07) is 13.4. The number of esters is 1. The summed E-state index contributed by atoms with van der Waals surface area (Å²) in [5.74, 6) is -0.300. The van der Waals surface area contributed by atoms with E-state index in [9.17, 15) is 4.79 Å². The van der Waals surface area contributed by atoms with E-state index in [1.165, 1.54) is 0 Å². The minimum Gasteiger partial charge on any atom is -0.460 e. The van der Waals surface area contributed by atoms with Crippen LogP contribution in [0.25, 0.3) is 10.8 Å². The van der Waals surface area contributed by atoms with Crippen LogP contribution in [-0.2, 0) is 9.47 Å². The highest BCUT2D eigenvalue weighted by Crippen LogP contribution is 2.19. The molecule has 0 aliphatic rings. The quantitative estimate of drug-likeness (QED) is 0.599. The largest absolute Gasteiger partial charge is 0.460 e. The molecule has 0 amide bonds. The number of rotatable bonds is 5. The first-order chi connectivity index (χ1) is 8.83. The van der Waals surface area contributed by atoms with E-state index in [0.29, 0.717) is 18.8 Å². The third kappa shape index (κ3) is 2.87. The van der Waals surface area contributed by atoms with Gasteiger partial charge in [-0.3, -0.25) is 0 Å². The molecule has 0 bridgehead atoms. The molecule has 0 heterocycles. The first kappa shape index (κ1) is 12.6. The van der Waals surface area contributed by atoms with Crippen molar-refractivity contribution in [1.82, 2.24) is 0 Å². The van der Waals surface area contributed by atoms with Gasteiger partial charge < -0.3 is 9.47 Å². The number of ether oxygens (including phenoxy) is 2. The van der Waals surface area contributed by atoms with Gasteiger partial charge >= 0.3 is 5.97 Å². The van der Waals surface area contributed by atoms with Gasteiger partial charge in [0.15, 0.2) is 0 Å². The smallest absolute Gasteiger partial charge is 0.338 e. The second-order valence-electron chi connectivity index (χ2n) is 3.86. The highest BCUT2D eigenvalue weighted by atomic mass is 16.6. The molecule has 0 aliphatic carbocycles. The molecule has 2 aromatic carbocycles. The molecule has 0 fully saturated rings.